The van der Waals surface area contributed by atoms with E-state index in [0.29, 0.717) is 0 Å². The van der Waals surface area contributed by atoms with Crippen LogP contribution in [-0.4, -0.2) is 32.7 Å². The standard InChI is InChI=1S/C8H17N.2HO3P/c1-9-8-6-4-2-3-5-7-8;2*1-4(2)3/h8-9H,2-7H2,1H3;2*(H-,1,2,3)/p+2. The van der Waals surface area contributed by atoms with Crippen LogP contribution in [0.3, 0.4) is 0 Å². The van der Waals surface area contributed by atoms with Crippen LogP contribution in [0.25, 0.3) is 0 Å². The lowest BCUT2D eigenvalue weighted by molar-refractivity contribution is 0.403. The van der Waals surface area contributed by atoms with Gasteiger partial charge in [0.25, 0.3) is 0 Å². The summed E-state index contributed by atoms with van der Waals surface area (Å²) in [5.41, 5.74) is 0. The Bertz CT molecular complexity index is 188. The van der Waals surface area contributed by atoms with Gasteiger partial charge in [0.15, 0.2) is 0 Å². The van der Waals surface area contributed by atoms with Crippen molar-refractivity contribution in [3.05, 3.63) is 0 Å². The predicted octanol–water partition coefficient (Wildman–Crippen LogP) is 1.19. The molecule has 0 unspecified atom stereocenters. The van der Waals surface area contributed by atoms with E-state index in [4.69, 9.17) is 28.7 Å². The van der Waals surface area contributed by atoms with Crippen molar-refractivity contribution in [1.29, 1.82) is 0 Å². The highest BCUT2D eigenvalue weighted by molar-refractivity contribution is 7.31. The van der Waals surface area contributed by atoms with E-state index in [0.717, 1.165) is 6.04 Å². The van der Waals surface area contributed by atoms with E-state index >= 15 is 0 Å². The summed E-state index contributed by atoms with van der Waals surface area (Å²) in [6.07, 6.45) is 8.58. The zero-order valence-electron chi connectivity index (χ0n) is 9.82. The third-order valence-corrected chi connectivity index (χ3v) is 2.26. The maximum absolute atomic E-state index is 8.70. The lowest BCUT2D eigenvalue weighted by Crippen LogP contribution is -2.23. The summed E-state index contributed by atoms with van der Waals surface area (Å²) in [6, 6.07) is 0.826. The molecule has 0 radical (unpaired) electrons. The first-order chi connectivity index (χ1) is 7.90. The Morgan fingerprint density at radius 2 is 1.18 bits per heavy atom. The second kappa shape index (κ2) is 14.1. The Kier molecular flexibility index (Phi) is 16.0. The average Bonchev–Trinajstić information content (AvgIpc) is 2.43. The molecule has 0 amide bonds. The van der Waals surface area contributed by atoms with Crippen molar-refractivity contribution >= 4 is 16.5 Å². The van der Waals surface area contributed by atoms with Crippen molar-refractivity contribution in [2.75, 3.05) is 7.05 Å². The molecule has 0 aromatic heterocycles. The van der Waals surface area contributed by atoms with Gasteiger partial charge in [-0.05, 0) is 19.9 Å². The van der Waals surface area contributed by atoms with Crippen molar-refractivity contribution < 1.29 is 28.7 Å². The highest BCUT2D eigenvalue weighted by atomic mass is 31.1. The van der Waals surface area contributed by atoms with Gasteiger partial charge in [-0.2, -0.15) is 0 Å². The minimum absolute atomic E-state index is 0.826. The highest BCUT2D eigenvalue weighted by Crippen LogP contribution is 2.16. The number of nitrogens with one attached hydrogen (secondary N) is 1. The van der Waals surface area contributed by atoms with Gasteiger partial charge in [0.05, 0.1) is 0 Å². The van der Waals surface area contributed by atoms with Gasteiger partial charge >= 0.3 is 16.5 Å². The molecule has 0 aliphatic heterocycles. The molecule has 0 spiro atoms. The zero-order chi connectivity index (χ0) is 13.7. The molecule has 5 N–H and O–H groups in total. The minimum atomic E-state index is -2.87. The predicted molar refractivity (Wildman–Crippen MR) is 64.6 cm³/mol. The van der Waals surface area contributed by atoms with Crippen LogP contribution in [0.2, 0.25) is 0 Å². The van der Waals surface area contributed by atoms with Crippen molar-refractivity contribution in [3.8, 4) is 0 Å². The number of rotatable bonds is 1. The fourth-order valence-electron chi connectivity index (χ4n) is 1.57. The maximum Gasteiger partial charge on any atom is 0.692 e. The van der Waals surface area contributed by atoms with Gasteiger partial charge in [-0.25, -0.2) is 0 Å². The third-order valence-electron chi connectivity index (χ3n) is 2.26. The highest BCUT2D eigenvalue weighted by Gasteiger charge is 2.08. The molecule has 0 bridgehead atoms. The maximum atomic E-state index is 8.70. The molecule has 7 nitrogen and oxygen atoms in total. The summed E-state index contributed by atoms with van der Waals surface area (Å²) in [7, 11) is -3.66. The Labute approximate surface area is 103 Å². The van der Waals surface area contributed by atoms with E-state index in [-0.39, 0.29) is 0 Å². The summed E-state index contributed by atoms with van der Waals surface area (Å²) >= 11 is 0. The Balaban J connectivity index is 0. The second-order valence-electron chi connectivity index (χ2n) is 3.48. The van der Waals surface area contributed by atoms with Crippen LogP contribution < -0.4 is 5.32 Å². The van der Waals surface area contributed by atoms with E-state index in [2.05, 4.69) is 12.4 Å². The van der Waals surface area contributed by atoms with Gasteiger partial charge in [-0.15, -0.1) is 19.6 Å². The molecule has 0 aromatic rings. The monoisotopic (exact) mass is 289 g/mol. The molecule has 1 rings (SSSR count). The number of hydrogen-bond donors (Lipinski definition) is 5. The van der Waals surface area contributed by atoms with E-state index in [1.54, 1.807) is 0 Å². The Morgan fingerprint density at radius 3 is 1.41 bits per heavy atom. The van der Waals surface area contributed by atoms with E-state index < -0.39 is 16.5 Å². The quantitative estimate of drug-likeness (QED) is 0.362. The van der Waals surface area contributed by atoms with Gasteiger partial charge in [-0.1, -0.05) is 25.7 Å². The Morgan fingerprint density at radius 1 is 0.882 bits per heavy atom. The molecular weight excluding hydrogens is 268 g/mol. The summed E-state index contributed by atoms with van der Waals surface area (Å²) in [6.45, 7) is 0. The van der Waals surface area contributed by atoms with Crippen LogP contribution >= 0.6 is 16.5 Å². The fourth-order valence-corrected chi connectivity index (χ4v) is 1.57. The molecule has 1 fully saturated rings. The fraction of sp³-hybridized carbons (Fsp3) is 1.00. The lowest BCUT2D eigenvalue weighted by atomic mass is 10.1. The Hall–Kier alpha value is -0.0000000000000000416. The van der Waals surface area contributed by atoms with Crippen LogP contribution in [0.5, 0.6) is 0 Å². The van der Waals surface area contributed by atoms with Crippen molar-refractivity contribution in [1.82, 2.24) is 5.32 Å². The molecule has 1 aliphatic rings. The minimum Gasteiger partial charge on any atom is -0.317 e. The lowest BCUT2D eigenvalue weighted by Gasteiger charge is -2.10. The molecule has 0 saturated heterocycles. The van der Waals surface area contributed by atoms with Crippen LogP contribution in [0.4, 0.5) is 0 Å². The largest absolute Gasteiger partial charge is 0.692 e. The summed E-state index contributed by atoms with van der Waals surface area (Å²) < 4.78 is 17.4. The van der Waals surface area contributed by atoms with E-state index in [9.17, 15) is 0 Å². The first kappa shape index (κ1) is 19.3. The van der Waals surface area contributed by atoms with Gasteiger partial charge < -0.3 is 5.32 Å². The molecule has 0 atom stereocenters. The summed E-state index contributed by atoms with van der Waals surface area (Å²) in [4.78, 5) is 28.5. The average molecular weight is 289 g/mol. The summed E-state index contributed by atoms with van der Waals surface area (Å²) in [5, 5.41) is 3.34. The molecule has 0 aromatic carbocycles. The first-order valence-corrected chi connectivity index (χ1v) is 7.60. The molecule has 1 aliphatic carbocycles. The molecule has 0 heterocycles. The molecule has 102 valence electrons. The van der Waals surface area contributed by atoms with Crippen LogP contribution in [-0.2, 0) is 9.13 Å². The van der Waals surface area contributed by atoms with E-state index in [1.165, 1.54) is 38.5 Å². The van der Waals surface area contributed by atoms with Crippen LogP contribution in [0.1, 0.15) is 38.5 Å². The van der Waals surface area contributed by atoms with Gasteiger partial charge in [-0.3, -0.25) is 0 Å². The van der Waals surface area contributed by atoms with Gasteiger partial charge in [0.1, 0.15) is 0 Å². The number of hydrogen-bond acceptors (Lipinski definition) is 3. The SMILES string of the molecule is CNC1CCCCCC1.O=[P+](O)O.O=[P+](O)O. The first-order valence-electron chi connectivity index (χ1n) is 5.27. The van der Waals surface area contributed by atoms with Gasteiger partial charge in [0.2, 0.25) is 0 Å². The normalized spacial score (nSPS) is 15.6. The van der Waals surface area contributed by atoms with Crippen LogP contribution in [0.15, 0.2) is 0 Å². The zero-order valence-corrected chi connectivity index (χ0v) is 11.6. The van der Waals surface area contributed by atoms with Crippen LogP contribution in [0, 0.1) is 0 Å². The van der Waals surface area contributed by atoms with Crippen molar-refractivity contribution in [3.63, 3.8) is 0 Å². The molecular formula is C8H21NO6P2+2. The van der Waals surface area contributed by atoms with Crippen molar-refractivity contribution in [2.45, 2.75) is 44.6 Å². The second-order valence-corrected chi connectivity index (χ2v) is 4.49. The smallest absolute Gasteiger partial charge is 0.317 e. The topological polar surface area (TPSA) is 127 Å². The molecule has 1 saturated carbocycles. The van der Waals surface area contributed by atoms with E-state index in [1.807, 2.05) is 0 Å². The third kappa shape index (κ3) is 25.9. The summed E-state index contributed by atoms with van der Waals surface area (Å²) in [5.74, 6) is 0. The molecule has 17 heavy (non-hydrogen) atoms. The van der Waals surface area contributed by atoms with Gasteiger partial charge in [0, 0.05) is 15.2 Å². The van der Waals surface area contributed by atoms with Crippen molar-refractivity contribution in [2.24, 2.45) is 0 Å². The molecule has 9 heteroatoms.